The molecule has 3 nitrogen and oxygen atoms in total. The van der Waals surface area contributed by atoms with Crippen LogP contribution >= 0.6 is 0 Å². The van der Waals surface area contributed by atoms with Gasteiger partial charge in [-0.15, -0.1) is 0 Å². The van der Waals surface area contributed by atoms with Crippen LogP contribution in [0, 0.1) is 5.82 Å². The van der Waals surface area contributed by atoms with Gasteiger partial charge in [-0.3, -0.25) is 4.79 Å². The van der Waals surface area contributed by atoms with Gasteiger partial charge in [0.05, 0.1) is 5.56 Å². The van der Waals surface area contributed by atoms with Crippen molar-refractivity contribution in [3.05, 3.63) is 35.6 Å². The normalized spacial score (nSPS) is 12.6. The fourth-order valence-corrected chi connectivity index (χ4v) is 2.07. The molecule has 1 rings (SSSR count). The van der Waals surface area contributed by atoms with Gasteiger partial charge < -0.3 is 9.80 Å². The summed E-state index contributed by atoms with van der Waals surface area (Å²) in [5, 5.41) is 0. The van der Waals surface area contributed by atoms with Gasteiger partial charge >= 0.3 is 0 Å². The summed E-state index contributed by atoms with van der Waals surface area (Å²) in [6.45, 7) is 5.21. The molecule has 4 heteroatoms. The summed E-state index contributed by atoms with van der Waals surface area (Å²) < 4.78 is 13.6. The molecule has 0 saturated heterocycles. The van der Waals surface area contributed by atoms with E-state index in [4.69, 9.17) is 0 Å². The first-order chi connectivity index (χ1) is 8.47. The van der Waals surface area contributed by atoms with E-state index in [1.165, 1.54) is 12.1 Å². The second-order valence-electron chi connectivity index (χ2n) is 4.68. The largest absolute Gasteiger partial charge is 0.335 e. The van der Waals surface area contributed by atoms with E-state index in [9.17, 15) is 9.18 Å². The van der Waals surface area contributed by atoms with E-state index >= 15 is 0 Å². The van der Waals surface area contributed by atoms with E-state index < -0.39 is 5.82 Å². The number of carbonyl (C=O) groups excluding carboxylic acids is 1. The van der Waals surface area contributed by atoms with Crippen LogP contribution in [0.4, 0.5) is 4.39 Å². The molecule has 0 N–H and O–H groups in total. The highest BCUT2D eigenvalue weighted by Gasteiger charge is 2.22. The molecule has 0 bridgehead atoms. The number of rotatable bonds is 5. The Morgan fingerprint density at radius 2 is 1.94 bits per heavy atom. The first-order valence-electron chi connectivity index (χ1n) is 6.17. The first-order valence-corrected chi connectivity index (χ1v) is 6.17. The Hall–Kier alpha value is -1.42. The zero-order valence-corrected chi connectivity index (χ0v) is 11.5. The Morgan fingerprint density at radius 1 is 1.33 bits per heavy atom. The lowest BCUT2D eigenvalue weighted by molar-refractivity contribution is 0.0674. The fourth-order valence-electron chi connectivity index (χ4n) is 2.07. The molecule has 0 saturated carbocycles. The van der Waals surface area contributed by atoms with Crippen LogP contribution in [0.2, 0.25) is 0 Å². The zero-order valence-electron chi connectivity index (χ0n) is 11.5. The zero-order chi connectivity index (χ0) is 13.7. The van der Waals surface area contributed by atoms with Crippen molar-refractivity contribution in [3.63, 3.8) is 0 Å². The summed E-state index contributed by atoms with van der Waals surface area (Å²) in [5.74, 6) is -0.706. The molecular formula is C14H21FN2O. The second kappa shape index (κ2) is 6.50. The lowest BCUT2D eigenvalue weighted by atomic mass is 10.1. The fraction of sp³-hybridized carbons (Fsp3) is 0.500. The van der Waals surface area contributed by atoms with Crippen molar-refractivity contribution in [1.82, 2.24) is 9.80 Å². The summed E-state index contributed by atoms with van der Waals surface area (Å²) in [4.78, 5) is 16.0. The molecule has 1 atom stereocenters. The van der Waals surface area contributed by atoms with Crippen LogP contribution < -0.4 is 0 Å². The van der Waals surface area contributed by atoms with Crippen molar-refractivity contribution in [2.45, 2.75) is 19.9 Å². The molecule has 0 aliphatic heterocycles. The summed E-state index contributed by atoms with van der Waals surface area (Å²) in [6.07, 6.45) is 0. The van der Waals surface area contributed by atoms with E-state index in [1.807, 2.05) is 32.8 Å². The molecule has 0 spiro atoms. The number of benzene rings is 1. The Bertz CT molecular complexity index is 407. The van der Waals surface area contributed by atoms with Gasteiger partial charge in [0, 0.05) is 19.1 Å². The van der Waals surface area contributed by atoms with Crippen molar-refractivity contribution in [2.24, 2.45) is 0 Å². The highest BCUT2D eigenvalue weighted by atomic mass is 19.1. The van der Waals surface area contributed by atoms with Crippen molar-refractivity contribution < 1.29 is 9.18 Å². The van der Waals surface area contributed by atoms with Crippen molar-refractivity contribution >= 4 is 5.91 Å². The maximum absolute atomic E-state index is 13.6. The quantitative estimate of drug-likeness (QED) is 0.802. The van der Waals surface area contributed by atoms with Crippen LogP contribution in [0.3, 0.4) is 0 Å². The number of halogens is 1. The molecule has 1 aromatic rings. The Morgan fingerprint density at radius 3 is 2.44 bits per heavy atom. The van der Waals surface area contributed by atoms with Gasteiger partial charge in [0.1, 0.15) is 5.82 Å². The van der Waals surface area contributed by atoms with Gasteiger partial charge in [0.2, 0.25) is 0 Å². The molecule has 0 aliphatic rings. The molecule has 0 aliphatic carbocycles. The van der Waals surface area contributed by atoms with E-state index in [0.717, 1.165) is 6.54 Å². The molecule has 1 amide bonds. The number of amides is 1. The predicted molar refractivity (Wildman–Crippen MR) is 71.1 cm³/mol. The summed E-state index contributed by atoms with van der Waals surface area (Å²) in [5.41, 5.74) is 0.143. The minimum absolute atomic E-state index is 0.0529. The van der Waals surface area contributed by atoms with Gasteiger partial charge in [0.15, 0.2) is 0 Å². The number of hydrogen-bond donors (Lipinski definition) is 0. The molecule has 100 valence electrons. The van der Waals surface area contributed by atoms with Crippen molar-refractivity contribution in [1.29, 1.82) is 0 Å². The Labute approximate surface area is 108 Å². The molecule has 0 heterocycles. The average Bonchev–Trinajstić information content (AvgIpc) is 2.29. The van der Waals surface area contributed by atoms with Crippen LogP contribution in [0.5, 0.6) is 0 Å². The Balaban J connectivity index is 2.89. The standard InChI is InChI=1S/C14H21FN2O/c1-5-17(11(2)10-16(3)4)14(18)12-8-6-7-9-13(12)15/h6-9,11H,5,10H2,1-4H3. The molecule has 0 aromatic heterocycles. The third-order valence-electron chi connectivity index (χ3n) is 2.87. The van der Waals surface area contributed by atoms with Crippen LogP contribution in [0.25, 0.3) is 0 Å². The summed E-state index contributed by atoms with van der Waals surface area (Å²) >= 11 is 0. The predicted octanol–water partition coefficient (Wildman–Crippen LogP) is 2.24. The van der Waals surface area contributed by atoms with Gasteiger partial charge in [-0.1, -0.05) is 12.1 Å². The molecule has 0 fully saturated rings. The average molecular weight is 252 g/mol. The maximum Gasteiger partial charge on any atom is 0.257 e. The van der Waals surface area contributed by atoms with Crippen molar-refractivity contribution in [2.75, 3.05) is 27.2 Å². The van der Waals surface area contributed by atoms with Crippen LogP contribution in [0.1, 0.15) is 24.2 Å². The van der Waals surface area contributed by atoms with E-state index in [1.54, 1.807) is 17.0 Å². The Kier molecular flexibility index (Phi) is 5.28. The monoisotopic (exact) mass is 252 g/mol. The van der Waals surface area contributed by atoms with Gasteiger partial charge in [-0.2, -0.15) is 0 Å². The highest BCUT2D eigenvalue weighted by Crippen LogP contribution is 2.12. The maximum atomic E-state index is 13.6. The third kappa shape index (κ3) is 3.53. The highest BCUT2D eigenvalue weighted by molar-refractivity contribution is 5.94. The van der Waals surface area contributed by atoms with E-state index in [0.29, 0.717) is 6.54 Å². The number of hydrogen-bond acceptors (Lipinski definition) is 2. The van der Waals surface area contributed by atoms with Crippen molar-refractivity contribution in [3.8, 4) is 0 Å². The number of likely N-dealkylation sites (N-methyl/N-ethyl adjacent to an activating group) is 2. The molecule has 1 unspecified atom stereocenters. The third-order valence-corrected chi connectivity index (χ3v) is 2.87. The van der Waals surface area contributed by atoms with Gasteiger partial charge in [0.25, 0.3) is 5.91 Å². The number of carbonyl (C=O) groups is 1. The van der Waals surface area contributed by atoms with Crippen LogP contribution in [0.15, 0.2) is 24.3 Å². The van der Waals surface area contributed by atoms with Gasteiger partial charge in [-0.05, 0) is 40.1 Å². The lowest BCUT2D eigenvalue weighted by Gasteiger charge is -2.30. The second-order valence-corrected chi connectivity index (χ2v) is 4.68. The molecule has 1 aromatic carbocycles. The lowest BCUT2D eigenvalue weighted by Crippen LogP contribution is -2.44. The van der Waals surface area contributed by atoms with E-state index in [-0.39, 0.29) is 17.5 Å². The SMILES string of the molecule is CCN(C(=O)c1ccccc1F)C(C)CN(C)C. The minimum Gasteiger partial charge on any atom is -0.335 e. The first kappa shape index (κ1) is 14.6. The molecule has 18 heavy (non-hydrogen) atoms. The minimum atomic E-state index is -0.460. The van der Waals surface area contributed by atoms with E-state index in [2.05, 4.69) is 0 Å². The smallest absolute Gasteiger partial charge is 0.257 e. The number of nitrogens with zero attached hydrogens (tertiary/aromatic N) is 2. The van der Waals surface area contributed by atoms with Crippen LogP contribution in [-0.4, -0.2) is 48.9 Å². The van der Waals surface area contributed by atoms with Gasteiger partial charge in [-0.25, -0.2) is 4.39 Å². The topological polar surface area (TPSA) is 23.6 Å². The molecular weight excluding hydrogens is 231 g/mol. The summed E-state index contributed by atoms with van der Waals surface area (Å²) in [7, 11) is 3.91. The summed E-state index contributed by atoms with van der Waals surface area (Å²) in [6, 6.07) is 6.17. The molecule has 0 radical (unpaired) electrons. The van der Waals surface area contributed by atoms with Crippen LogP contribution in [-0.2, 0) is 0 Å².